The zero-order valence-electron chi connectivity index (χ0n) is 18.6. The van der Waals surface area contributed by atoms with Crippen LogP contribution in [0.4, 0.5) is 5.69 Å². The van der Waals surface area contributed by atoms with E-state index in [-0.39, 0.29) is 35.7 Å². The van der Waals surface area contributed by atoms with Crippen molar-refractivity contribution >= 4 is 27.5 Å². The summed E-state index contributed by atoms with van der Waals surface area (Å²) in [7, 11) is -3.60. The van der Waals surface area contributed by atoms with Crippen molar-refractivity contribution in [1.82, 2.24) is 9.62 Å². The van der Waals surface area contributed by atoms with Crippen molar-refractivity contribution in [1.29, 1.82) is 0 Å². The first-order chi connectivity index (χ1) is 15.4. The van der Waals surface area contributed by atoms with Gasteiger partial charge in [0.05, 0.1) is 18.1 Å². The minimum Gasteiger partial charge on any atom is -0.379 e. The molecule has 0 radical (unpaired) electrons. The summed E-state index contributed by atoms with van der Waals surface area (Å²) in [4.78, 5) is 27.1. The van der Waals surface area contributed by atoms with Crippen LogP contribution in [-0.2, 0) is 30.8 Å². The van der Waals surface area contributed by atoms with Crippen LogP contribution in [0.15, 0.2) is 23.1 Å². The van der Waals surface area contributed by atoms with Gasteiger partial charge in [-0.2, -0.15) is 4.31 Å². The Morgan fingerprint density at radius 3 is 2.44 bits per heavy atom. The summed E-state index contributed by atoms with van der Waals surface area (Å²) in [5, 5.41) is 3.12. The summed E-state index contributed by atoms with van der Waals surface area (Å²) in [5.74, 6) is -0.254. The lowest BCUT2D eigenvalue weighted by Gasteiger charge is -2.31. The van der Waals surface area contributed by atoms with Crippen LogP contribution in [0.3, 0.4) is 0 Å². The molecule has 32 heavy (non-hydrogen) atoms. The Balaban J connectivity index is 1.47. The molecule has 1 aromatic rings. The highest BCUT2D eigenvalue weighted by atomic mass is 32.2. The van der Waals surface area contributed by atoms with E-state index in [0.29, 0.717) is 38.4 Å². The van der Waals surface area contributed by atoms with E-state index in [2.05, 4.69) is 5.32 Å². The summed E-state index contributed by atoms with van der Waals surface area (Å²) in [6.07, 6.45) is 8.64. The van der Waals surface area contributed by atoms with Crippen LogP contribution in [0.2, 0.25) is 0 Å². The van der Waals surface area contributed by atoms with Gasteiger partial charge < -0.3 is 15.0 Å². The molecule has 9 heteroatoms. The molecule has 0 spiro atoms. The van der Waals surface area contributed by atoms with Gasteiger partial charge in [0.25, 0.3) is 0 Å². The average Bonchev–Trinajstić information content (AvgIpc) is 2.78. The minimum absolute atomic E-state index is 0.0299. The molecule has 1 N–H and O–H groups in total. The lowest BCUT2D eigenvalue weighted by molar-refractivity contribution is -0.124. The number of hydrogen-bond acceptors (Lipinski definition) is 5. The highest BCUT2D eigenvalue weighted by Gasteiger charge is 2.31. The maximum absolute atomic E-state index is 13.0. The number of nitrogens with one attached hydrogen (secondary N) is 1. The van der Waals surface area contributed by atoms with Crippen LogP contribution >= 0.6 is 0 Å². The molecule has 2 fully saturated rings. The lowest BCUT2D eigenvalue weighted by Crippen LogP contribution is -2.46. The molecular weight excluding hydrogens is 430 g/mol. The van der Waals surface area contributed by atoms with Gasteiger partial charge in [0.15, 0.2) is 0 Å². The van der Waals surface area contributed by atoms with Crippen molar-refractivity contribution < 1.29 is 22.7 Å². The molecule has 8 nitrogen and oxygen atoms in total. The van der Waals surface area contributed by atoms with E-state index in [9.17, 15) is 18.0 Å². The third-order valence-corrected chi connectivity index (χ3v) is 8.53. The van der Waals surface area contributed by atoms with Crippen LogP contribution in [0.1, 0.15) is 56.9 Å². The fourth-order valence-electron chi connectivity index (χ4n) is 4.82. The Bertz CT molecular complexity index is 935. The van der Waals surface area contributed by atoms with Crippen LogP contribution in [0.5, 0.6) is 0 Å². The number of aryl methyl sites for hydroxylation is 1. The topological polar surface area (TPSA) is 96.0 Å². The maximum atomic E-state index is 13.0. The van der Waals surface area contributed by atoms with Crippen molar-refractivity contribution in [2.75, 3.05) is 37.7 Å². The van der Waals surface area contributed by atoms with Crippen molar-refractivity contribution in [3.63, 3.8) is 0 Å². The van der Waals surface area contributed by atoms with Crippen molar-refractivity contribution in [2.45, 2.75) is 68.7 Å². The molecule has 1 aromatic carbocycles. The van der Waals surface area contributed by atoms with Gasteiger partial charge in [0, 0.05) is 31.2 Å². The first-order valence-corrected chi connectivity index (χ1v) is 13.2. The molecule has 176 valence electrons. The van der Waals surface area contributed by atoms with Gasteiger partial charge in [0.1, 0.15) is 6.54 Å². The second-order valence-electron chi connectivity index (χ2n) is 8.90. The highest BCUT2D eigenvalue weighted by Crippen LogP contribution is 2.31. The zero-order valence-corrected chi connectivity index (χ0v) is 19.4. The first kappa shape index (κ1) is 23.2. The van der Waals surface area contributed by atoms with Crippen LogP contribution in [0.25, 0.3) is 0 Å². The van der Waals surface area contributed by atoms with Crippen molar-refractivity contribution in [3.8, 4) is 0 Å². The van der Waals surface area contributed by atoms with E-state index in [1.807, 2.05) is 0 Å². The SMILES string of the molecule is O=C(CN1C(=O)CCc2cc(S(=O)(=O)N3CCOCC3)ccc21)NC1CCCCCCC1. The molecule has 0 atom stereocenters. The molecule has 0 aromatic heterocycles. The summed E-state index contributed by atoms with van der Waals surface area (Å²) in [6, 6.07) is 5.04. The Labute approximate surface area is 190 Å². The number of carbonyl (C=O) groups is 2. The Hall–Kier alpha value is -1.97. The molecule has 2 aliphatic heterocycles. The number of nitrogens with zero attached hydrogens (tertiary/aromatic N) is 2. The van der Waals surface area contributed by atoms with E-state index in [4.69, 9.17) is 4.74 Å². The first-order valence-electron chi connectivity index (χ1n) is 11.8. The summed E-state index contributed by atoms with van der Waals surface area (Å²) in [5.41, 5.74) is 1.42. The summed E-state index contributed by atoms with van der Waals surface area (Å²) in [6.45, 7) is 1.43. The van der Waals surface area contributed by atoms with Crippen molar-refractivity contribution in [2.24, 2.45) is 0 Å². The van der Waals surface area contributed by atoms with Gasteiger partial charge >= 0.3 is 0 Å². The molecule has 1 aliphatic carbocycles. The van der Waals surface area contributed by atoms with E-state index in [1.54, 1.807) is 18.2 Å². The third-order valence-electron chi connectivity index (χ3n) is 6.63. The van der Waals surface area contributed by atoms with Gasteiger partial charge in [-0.1, -0.05) is 32.1 Å². The van der Waals surface area contributed by atoms with Crippen LogP contribution in [-0.4, -0.2) is 63.4 Å². The average molecular weight is 464 g/mol. The Morgan fingerprint density at radius 2 is 1.72 bits per heavy atom. The van der Waals surface area contributed by atoms with Crippen LogP contribution < -0.4 is 10.2 Å². The number of fused-ring (bicyclic) bond motifs is 1. The Kier molecular flexibility index (Phi) is 7.48. The zero-order chi connectivity index (χ0) is 22.6. The number of sulfonamides is 1. The van der Waals surface area contributed by atoms with Crippen LogP contribution in [0, 0.1) is 0 Å². The van der Waals surface area contributed by atoms with Gasteiger partial charge in [-0.05, 0) is 43.0 Å². The number of ether oxygens (including phenoxy) is 1. The Morgan fingerprint density at radius 1 is 1.03 bits per heavy atom. The van der Waals surface area contributed by atoms with Gasteiger partial charge in [-0.3, -0.25) is 9.59 Å². The molecule has 2 amide bonds. The predicted molar refractivity (Wildman–Crippen MR) is 121 cm³/mol. The fourth-order valence-corrected chi connectivity index (χ4v) is 6.28. The molecule has 3 aliphatic rings. The number of carbonyl (C=O) groups excluding carboxylic acids is 2. The number of hydrogen-bond donors (Lipinski definition) is 1. The maximum Gasteiger partial charge on any atom is 0.243 e. The third kappa shape index (κ3) is 5.32. The van der Waals surface area contributed by atoms with Crippen molar-refractivity contribution in [3.05, 3.63) is 23.8 Å². The van der Waals surface area contributed by atoms with E-state index < -0.39 is 10.0 Å². The molecule has 1 saturated carbocycles. The number of anilines is 1. The van der Waals surface area contributed by atoms with E-state index >= 15 is 0 Å². The van der Waals surface area contributed by atoms with Gasteiger partial charge in [-0.25, -0.2) is 8.42 Å². The van der Waals surface area contributed by atoms with Gasteiger partial charge in [-0.15, -0.1) is 0 Å². The fraction of sp³-hybridized carbons (Fsp3) is 0.652. The number of amides is 2. The number of benzene rings is 1. The molecular formula is C23H33N3O5S. The molecule has 1 saturated heterocycles. The molecule has 0 unspecified atom stereocenters. The predicted octanol–water partition coefficient (Wildman–Crippen LogP) is 2.22. The lowest BCUT2D eigenvalue weighted by atomic mass is 9.96. The van der Waals surface area contributed by atoms with E-state index in [0.717, 1.165) is 31.2 Å². The standard InChI is InChI=1S/C23H33N3O5S/c27-22(24-19-6-4-2-1-3-5-7-19)17-26-21-10-9-20(16-18(21)8-11-23(26)28)32(29,30)25-12-14-31-15-13-25/h9-10,16,19H,1-8,11-15,17H2,(H,24,27). The monoisotopic (exact) mass is 463 g/mol. The minimum atomic E-state index is -3.60. The molecule has 0 bridgehead atoms. The highest BCUT2D eigenvalue weighted by molar-refractivity contribution is 7.89. The molecule has 4 rings (SSSR count). The second kappa shape index (κ2) is 10.3. The summed E-state index contributed by atoms with van der Waals surface area (Å²) < 4.78 is 32.7. The smallest absolute Gasteiger partial charge is 0.243 e. The summed E-state index contributed by atoms with van der Waals surface area (Å²) >= 11 is 0. The van der Waals surface area contributed by atoms with E-state index in [1.165, 1.54) is 28.5 Å². The number of morpholine rings is 1. The second-order valence-corrected chi connectivity index (χ2v) is 10.8. The van der Waals surface area contributed by atoms with Gasteiger partial charge in [0.2, 0.25) is 21.8 Å². The largest absolute Gasteiger partial charge is 0.379 e. The number of rotatable bonds is 5. The normalized spacial score (nSPS) is 21.5. The quantitative estimate of drug-likeness (QED) is 0.722. The molecule has 2 heterocycles.